The summed E-state index contributed by atoms with van der Waals surface area (Å²) in [5.41, 5.74) is 4.62. The van der Waals surface area contributed by atoms with Gasteiger partial charge >= 0.3 is 12.1 Å². The summed E-state index contributed by atoms with van der Waals surface area (Å²) in [6, 6.07) is 15.7. The number of hydrogen-bond donors (Lipinski definition) is 2. The standard InChI is InChI=1S/C28H34N2O5/c1-2-3-12-25(27(33)30-16-15-19(17-30)13-14-26(31)32)29-28(34)35-18-24-22-10-6-4-8-20(22)21-9-5-7-11-23(21)24/h4-11,19,24-25H,2-3,12-18H2,1H3,(H,29,34)(H,31,32). The van der Waals surface area contributed by atoms with Gasteiger partial charge in [0.1, 0.15) is 12.6 Å². The summed E-state index contributed by atoms with van der Waals surface area (Å²) in [5.74, 6) is -0.764. The minimum absolute atomic E-state index is 0.0356. The molecule has 1 heterocycles. The number of aliphatic carboxylic acids is 1. The molecule has 1 aliphatic heterocycles. The molecule has 0 bridgehead atoms. The van der Waals surface area contributed by atoms with Crippen molar-refractivity contribution < 1.29 is 24.2 Å². The fraction of sp³-hybridized carbons (Fsp3) is 0.464. The molecule has 2 aromatic rings. The first-order valence-electron chi connectivity index (χ1n) is 12.6. The van der Waals surface area contributed by atoms with Crippen LogP contribution >= 0.6 is 0 Å². The van der Waals surface area contributed by atoms with Crippen molar-refractivity contribution in [3.05, 3.63) is 59.7 Å². The van der Waals surface area contributed by atoms with Gasteiger partial charge in [-0.3, -0.25) is 9.59 Å². The number of alkyl carbamates (subject to hydrolysis) is 1. The summed E-state index contributed by atoms with van der Waals surface area (Å²) in [6.07, 6.45) is 3.18. The molecule has 2 amide bonds. The van der Waals surface area contributed by atoms with E-state index in [0.29, 0.717) is 25.9 Å². The topological polar surface area (TPSA) is 95.9 Å². The van der Waals surface area contributed by atoms with Crippen molar-refractivity contribution in [1.82, 2.24) is 10.2 Å². The molecular weight excluding hydrogens is 444 g/mol. The van der Waals surface area contributed by atoms with Crippen LogP contribution in [-0.4, -0.2) is 53.7 Å². The molecule has 7 nitrogen and oxygen atoms in total. The smallest absolute Gasteiger partial charge is 0.407 e. The Morgan fingerprint density at radius 3 is 2.37 bits per heavy atom. The average Bonchev–Trinajstić information content (AvgIpc) is 3.46. The molecule has 1 saturated heterocycles. The molecule has 4 rings (SSSR count). The number of carbonyl (C=O) groups is 3. The number of benzene rings is 2. The Balaban J connectivity index is 1.36. The van der Waals surface area contributed by atoms with E-state index in [2.05, 4.69) is 29.6 Å². The van der Waals surface area contributed by atoms with Crippen molar-refractivity contribution in [2.24, 2.45) is 5.92 Å². The number of unbranched alkanes of at least 4 members (excludes halogenated alkanes) is 1. The van der Waals surface area contributed by atoms with Gasteiger partial charge in [-0.15, -0.1) is 0 Å². The van der Waals surface area contributed by atoms with E-state index < -0.39 is 18.1 Å². The normalized spacial score (nSPS) is 17.5. The molecule has 0 aromatic heterocycles. The number of ether oxygens (including phenoxy) is 1. The highest BCUT2D eigenvalue weighted by Gasteiger charge is 2.33. The third-order valence-corrected chi connectivity index (χ3v) is 7.14. The average molecular weight is 479 g/mol. The molecule has 0 saturated carbocycles. The van der Waals surface area contributed by atoms with Crippen molar-refractivity contribution in [2.45, 2.75) is 57.4 Å². The van der Waals surface area contributed by atoms with Gasteiger partial charge in [-0.05, 0) is 47.4 Å². The van der Waals surface area contributed by atoms with E-state index in [4.69, 9.17) is 9.84 Å². The van der Waals surface area contributed by atoms with Gasteiger partial charge in [0.15, 0.2) is 0 Å². The minimum atomic E-state index is -0.812. The van der Waals surface area contributed by atoms with Crippen molar-refractivity contribution in [3.8, 4) is 11.1 Å². The van der Waals surface area contributed by atoms with Crippen LogP contribution in [-0.2, 0) is 14.3 Å². The van der Waals surface area contributed by atoms with Crippen LogP contribution in [0.4, 0.5) is 4.79 Å². The Hall–Kier alpha value is -3.35. The molecule has 0 spiro atoms. The highest BCUT2D eigenvalue weighted by atomic mass is 16.5. The van der Waals surface area contributed by atoms with Crippen molar-refractivity contribution in [1.29, 1.82) is 0 Å². The lowest BCUT2D eigenvalue weighted by Crippen LogP contribution is -2.48. The Morgan fingerprint density at radius 2 is 1.74 bits per heavy atom. The molecular formula is C28H34N2O5. The van der Waals surface area contributed by atoms with Crippen LogP contribution in [0.25, 0.3) is 11.1 Å². The maximum atomic E-state index is 13.2. The first-order valence-corrected chi connectivity index (χ1v) is 12.6. The lowest BCUT2D eigenvalue weighted by Gasteiger charge is -2.24. The Kier molecular flexibility index (Phi) is 8.06. The maximum Gasteiger partial charge on any atom is 0.407 e. The second kappa shape index (κ2) is 11.4. The zero-order valence-corrected chi connectivity index (χ0v) is 20.2. The zero-order valence-electron chi connectivity index (χ0n) is 20.2. The lowest BCUT2D eigenvalue weighted by atomic mass is 9.98. The number of amides is 2. The molecule has 1 fully saturated rings. The molecule has 35 heavy (non-hydrogen) atoms. The SMILES string of the molecule is CCCCC(NC(=O)OCC1c2ccccc2-c2ccccc21)C(=O)N1CCC(CCC(=O)O)C1. The molecule has 7 heteroatoms. The van der Waals surface area contributed by atoms with Crippen LogP contribution < -0.4 is 5.32 Å². The summed E-state index contributed by atoms with van der Waals surface area (Å²) >= 11 is 0. The fourth-order valence-electron chi connectivity index (χ4n) is 5.26. The second-order valence-electron chi connectivity index (χ2n) is 9.54. The van der Waals surface area contributed by atoms with E-state index in [1.807, 2.05) is 31.2 Å². The van der Waals surface area contributed by atoms with Gasteiger partial charge in [0.2, 0.25) is 5.91 Å². The summed E-state index contributed by atoms with van der Waals surface area (Å²) in [6.45, 7) is 3.39. The molecule has 2 unspecified atom stereocenters. The summed E-state index contributed by atoms with van der Waals surface area (Å²) < 4.78 is 5.66. The van der Waals surface area contributed by atoms with Crippen LogP contribution in [0, 0.1) is 5.92 Å². The van der Waals surface area contributed by atoms with Gasteiger partial charge in [0.25, 0.3) is 0 Å². The number of rotatable bonds is 10. The van der Waals surface area contributed by atoms with Crippen LogP contribution in [0.5, 0.6) is 0 Å². The number of hydrogen-bond acceptors (Lipinski definition) is 4. The minimum Gasteiger partial charge on any atom is -0.481 e. The molecule has 0 radical (unpaired) electrons. The quantitative estimate of drug-likeness (QED) is 0.512. The summed E-state index contributed by atoms with van der Waals surface area (Å²) in [7, 11) is 0. The molecule has 2 N–H and O–H groups in total. The van der Waals surface area contributed by atoms with E-state index in [-0.39, 0.29) is 30.8 Å². The van der Waals surface area contributed by atoms with Crippen LogP contribution in [0.15, 0.2) is 48.5 Å². The van der Waals surface area contributed by atoms with Crippen LogP contribution in [0.1, 0.15) is 62.5 Å². The molecule has 1 aliphatic carbocycles. The number of nitrogens with zero attached hydrogens (tertiary/aromatic N) is 1. The number of carboxylic acids is 1. The number of carboxylic acid groups (broad SMARTS) is 1. The van der Waals surface area contributed by atoms with Crippen molar-refractivity contribution in [2.75, 3.05) is 19.7 Å². The first kappa shape index (κ1) is 24.8. The molecule has 2 aliphatic rings. The third kappa shape index (κ3) is 5.84. The van der Waals surface area contributed by atoms with E-state index in [9.17, 15) is 14.4 Å². The molecule has 186 valence electrons. The van der Waals surface area contributed by atoms with Gasteiger partial charge in [-0.25, -0.2) is 4.79 Å². The zero-order chi connectivity index (χ0) is 24.8. The Labute approximate surface area is 206 Å². The van der Waals surface area contributed by atoms with E-state index >= 15 is 0 Å². The number of nitrogens with one attached hydrogen (secondary N) is 1. The predicted octanol–water partition coefficient (Wildman–Crippen LogP) is 4.80. The molecule has 2 aromatic carbocycles. The highest BCUT2D eigenvalue weighted by molar-refractivity contribution is 5.86. The monoisotopic (exact) mass is 478 g/mol. The first-order chi connectivity index (χ1) is 17.0. The Bertz CT molecular complexity index is 1020. The molecule has 2 atom stereocenters. The summed E-state index contributed by atoms with van der Waals surface area (Å²) in [5, 5.41) is 11.7. The number of carbonyl (C=O) groups excluding carboxylic acids is 2. The largest absolute Gasteiger partial charge is 0.481 e. The van der Waals surface area contributed by atoms with Gasteiger partial charge in [-0.1, -0.05) is 68.3 Å². The van der Waals surface area contributed by atoms with Crippen molar-refractivity contribution >= 4 is 18.0 Å². The van der Waals surface area contributed by atoms with Gasteiger partial charge in [-0.2, -0.15) is 0 Å². The highest BCUT2D eigenvalue weighted by Crippen LogP contribution is 2.44. The second-order valence-corrected chi connectivity index (χ2v) is 9.54. The number of fused-ring (bicyclic) bond motifs is 3. The van der Waals surface area contributed by atoms with Crippen LogP contribution in [0.2, 0.25) is 0 Å². The van der Waals surface area contributed by atoms with E-state index in [1.54, 1.807) is 4.90 Å². The lowest BCUT2D eigenvalue weighted by molar-refractivity contribution is -0.137. The Morgan fingerprint density at radius 1 is 1.09 bits per heavy atom. The fourth-order valence-corrected chi connectivity index (χ4v) is 5.26. The third-order valence-electron chi connectivity index (χ3n) is 7.14. The predicted molar refractivity (Wildman–Crippen MR) is 133 cm³/mol. The van der Waals surface area contributed by atoms with Gasteiger partial charge in [0.05, 0.1) is 0 Å². The van der Waals surface area contributed by atoms with E-state index in [0.717, 1.165) is 30.4 Å². The van der Waals surface area contributed by atoms with Crippen molar-refractivity contribution in [3.63, 3.8) is 0 Å². The van der Waals surface area contributed by atoms with Gasteiger partial charge in [0, 0.05) is 25.4 Å². The summed E-state index contributed by atoms with van der Waals surface area (Å²) in [4.78, 5) is 38.6. The van der Waals surface area contributed by atoms with Crippen LogP contribution in [0.3, 0.4) is 0 Å². The van der Waals surface area contributed by atoms with E-state index in [1.165, 1.54) is 11.1 Å². The maximum absolute atomic E-state index is 13.2. The number of likely N-dealkylation sites (tertiary alicyclic amines) is 1. The van der Waals surface area contributed by atoms with Gasteiger partial charge < -0.3 is 20.1 Å².